The van der Waals surface area contributed by atoms with Gasteiger partial charge in [-0.2, -0.15) is 0 Å². The van der Waals surface area contributed by atoms with Crippen LogP contribution in [-0.4, -0.2) is 22.6 Å². The summed E-state index contributed by atoms with van der Waals surface area (Å²) in [6, 6.07) is 21.6. The molecule has 0 saturated carbocycles. The molecule has 1 aromatic heterocycles. The van der Waals surface area contributed by atoms with Gasteiger partial charge in [-0.15, -0.1) is 0 Å². The number of rotatable bonds is 4. The number of benzene rings is 3. The molecule has 4 aromatic rings. The molecule has 1 atom stereocenters. The van der Waals surface area contributed by atoms with E-state index in [4.69, 9.17) is 4.74 Å². The Morgan fingerprint density at radius 3 is 2.53 bits per heavy atom. The first-order chi connectivity index (χ1) is 16.3. The number of hydrogen-bond acceptors (Lipinski definition) is 4. The molecule has 1 N–H and O–H groups in total. The van der Waals surface area contributed by atoms with Crippen LogP contribution in [0.3, 0.4) is 0 Å². The summed E-state index contributed by atoms with van der Waals surface area (Å²) >= 11 is 0. The van der Waals surface area contributed by atoms with Gasteiger partial charge in [0.25, 0.3) is 5.91 Å². The number of pyridine rings is 1. The fraction of sp³-hybridized carbons (Fsp3) is 0.148. The van der Waals surface area contributed by atoms with Gasteiger partial charge in [-0.1, -0.05) is 30.3 Å². The van der Waals surface area contributed by atoms with Gasteiger partial charge < -0.3 is 10.1 Å². The Kier molecular flexibility index (Phi) is 5.24. The largest absolute Gasteiger partial charge is 0.441 e. The monoisotopic (exact) mass is 455 g/mol. The van der Waals surface area contributed by atoms with Gasteiger partial charge in [-0.25, -0.2) is 9.18 Å². The second-order valence-corrected chi connectivity index (χ2v) is 8.68. The van der Waals surface area contributed by atoms with Crippen molar-refractivity contribution in [1.29, 1.82) is 0 Å². The number of aromatic nitrogens is 1. The molecule has 1 fully saturated rings. The van der Waals surface area contributed by atoms with E-state index in [2.05, 4.69) is 10.3 Å². The minimum absolute atomic E-state index is 0.296. The van der Waals surface area contributed by atoms with Gasteiger partial charge in [0, 0.05) is 22.8 Å². The summed E-state index contributed by atoms with van der Waals surface area (Å²) in [6.45, 7) is 3.58. The zero-order valence-corrected chi connectivity index (χ0v) is 18.7. The highest BCUT2D eigenvalue weighted by Crippen LogP contribution is 2.43. The van der Waals surface area contributed by atoms with Crippen LogP contribution >= 0.6 is 0 Å². The molecular weight excluding hydrogens is 433 g/mol. The molecule has 0 bridgehead atoms. The Hall–Kier alpha value is -4.26. The van der Waals surface area contributed by atoms with Crippen molar-refractivity contribution in [3.05, 3.63) is 102 Å². The fourth-order valence-corrected chi connectivity index (χ4v) is 4.40. The molecule has 3 aromatic carbocycles. The molecule has 2 amide bonds. The highest BCUT2D eigenvalue weighted by molar-refractivity contribution is 6.08. The van der Waals surface area contributed by atoms with Crippen LogP contribution in [0.5, 0.6) is 0 Å². The number of nitrogens with zero attached hydrogens (tertiary/aromatic N) is 2. The average Bonchev–Trinajstić information content (AvgIpc) is 3.07. The Labute approximate surface area is 196 Å². The number of ether oxygens (including phenoxy) is 1. The maximum Gasteiger partial charge on any atom is 0.415 e. The average molecular weight is 455 g/mol. The number of carbonyl (C=O) groups is 2. The Bertz CT molecular complexity index is 1400. The highest BCUT2D eigenvalue weighted by atomic mass is 19.1. The quantitative estimate of drug-likeness (QED) is 0.403. The summed E-state index contributed by atoms with van der Waals surface area (Å²) < 4.78 is 19.5. The molecule has 5 rings (SSSR count). The standard InChI is InChI=1S/C27H22FN3O3/c1-27(2)24(19-7-3-9-20(28)16-19)31(26(33)34-27)21-13-11-18(12-14-21)25(32)30-22-10-4-6-17-8-5-15-29-23(17)22/h3-16,24H,1-2H3,(H,30,32)/t24-/m0/s1. The normalized spacial score (nSPS) is 17.0. The van der Waals surface area contributed by atoms with Gasteiger partial charge in [0.1, 0.15) is 17.5 Å². The van der Waals surface area contributed by atoms with E-state index in [0.717, 1.165) is 5.39 Å². The van der Waals surface area contributed by atoms with Crippen LogP contribution in [0.4, 0.5) is 20.6 Å². The molecule has 0 aliphatic carbocycles. The zero-order valence-electron chi connectivity index (χ0n) is 18.7. The maximum absolute atomic E-state index is 13.9. The third kappa shape index (κ3) is 3.85. The molecule has 1 saturated heterocycles. The van der Waals surface area contributed by atoms with E-state index < -0.39 is 17.7 Å². The molecule has 7 heteroatoms. The predicted molar refractivity (Wildman–Crippen MR) is 128 cm³/mol. The summed E-state index contributed by atoms with van der Waals surface area (Å²) in [5.74, 6) is -0.682. The Morgan fingerprint density at radius 1 is 1.03 bits per heavy atom. The first kappa shape index (κ1) is 21.6. The zero-order chi connectivity index (χ0) is 23.9. The molecule has 2 heterocycles. The van der Waals surface area contributed by atoms with Gasteiger partial charge in [-0.05, 0) is 67.9 Å². The van der Waals surface area contributed by atoms with Gasteiger partial charge in [0.05, 0.1) is 11.2 Å². The Morgan fingerprint density at radius 2 is 1.76 bits per heavy atom. The van der Waals surface area contributed by atoms with Crippen LogP contribution in [0, 0.1) is 5.82 Å². The molecule has 34 heavy (non-hydrogen) atoms. The van der Waals surface area contributed by atoms with E-state index in [1.165, 1.54) is 17.0 Å². The van der Waals surface area contributed by atoms with Crippen LogP contribution in [0.2, 0.25) is 0 Å². The Balaban J connectivity index is 1.42. The van der Waals surface area contributed by atoms with Crippen molar-refractivity contribution in [1.82, 2.24) is 4.98 Å². The summed E-state index contributed by atoms with van der Waals surface area (Å²) in [4.78, 5) is 31.5. The van der Waals surface area contributed by atoms with E-state index in [9.17, 15) is 14.0 Å². The molecule has 0 unspecified atom stereocenters. The van der Waals surface area contributed by atoms with Crippen molar-refractivity contribution in [2.24, 2.45) is 0 Å². The second-order valence-electron chi connectivity index (χ2n) is 8.68. The lowest BCUT2D eigenvalue weighted by molar-refractivity contribution is 0.0684. The number of halogens is 1. The summed E-state index contributed by atoms with van der Waals surface area (Å²) in [5, 5.41) is 3.83. The van der Waals surface area contributed by atoms with Crippen LogP contribution < -0.4 is 10.2 Å². The van der Waals surface area contributed by atoms with E-state index in [1.54, 1.807) is 62.5 Å². The number of cyclic esters (lactones) is 1. The van der Waals surface area contributed by atoms with E-state index in [-0.39, 0.29) is 11.7 Å². The second kappa shape index (κ2) is 8.26. The summed E-state index contributed by atoms with van der Waals surface area (Å²) in [7, 11) is 0. The van der Waals surface area contributed by atoms with Crippen LogP contribution in [0.1, 0.15) is 35.8 Å². The molecule has 0 spiro atoms. The van der Waals surface area contributed by atoms with Crippen molar-refractivity contribution in [3.8, 4) is 0 Å². The lowest BCUT2D eigenvalue weighted by Crippen LogP contribution is -2.33. The predicted octanol–water partition coefficient (Wildman–Crippen LogP) is 6.10. The SMILES string of the molecule is CC1(C)OC(=O)N(c2ccc(C(=O)Nc3cccc4cccnc34)cc2)[C@H]1c1cccc(F)c1. The summed E-state index contributed by atoms with van der Waals surface area (Å²) in [5.41, 5.74) is 2.04. The first-order valence-corrected chi connectivity index (χ1v) is 10.9. The smallest absolute Gasteiger partial charge is 0.415 e. The number of anilines is 2. The maximum atomic E-state index is 13.9. The van der Waals surface area contributed by atoms with Gasteiger partial charge in [-0.3, -0.25) is 14.7 Å². The molecule has 1 aliphatic heterocycles. The van der Waals surface area contributed by atoms with Crippen LogP contribution in [0.15, 0.2) is 85.1 Å². The van der Waals surface area contributed by atoms with E-state index >= 15 is 0 Å². The molecule has 0 radical (unpaired) electrons. The number of nitrogens with one attached hydrogen (secondary N) is 1. The van der Waals surface area contributed by atoms with E-state index in [0.29, 0.717) is 28.0 Å². The molecule has 6 nitrogen and oxygen atoms in total. The molecule has 1 aliphatic rings. The van der Waals surface area contributed by atoms with Crippen LogP contribution in [0.25, 0.3) is 10.9 Å². The first-order valence-electron chi connectivity index (χ1n) is 10.9. The van der Waals surface area contributed by atoms with Crippen molar-refractivity contribution in [2.75, 3.05) is 10.2 Å². The van der Waals surface area contributed by atoms with Gasteiger partial charge >= 0.3 is 6.09 Å². The van der Waals surface area contributed by atoms with E-state index in [1.807, 2.05) is 24.3 Å². The minimum Gasteiger partial charge on any atom is -0.441 e. The highest BCUT2D eigenvalue weighted by Gasteiger charge is 2.49. The third-order valence-electron chi connectivity index (χ3n) is 5.92. The molecular formula is C27H22FN3O3. The van der Waals surface area contributed by atoms with Crippen molar-refractivity contribution in [2.45, 2.75) is 25.5 Å². The number of para-hydroxylation sites is 1. The van der Waals surface area contributed by atoms with Gasteiger partial charge in [0.2, 0.25) is 0 Å². The topological polar surface area (TPSA) is 71.5 Å². The number of hydrogen-bond donors (Lipinski definition) is 1. The minimum atomic E-state index is -0.873. The lowest BCUT2D eigenvalue weighted by atomic mass is 9.91. The van der Waals surface area contributed by atoms with Crippen molar-refractivity contribution in [3.63, 3.8) is 0 Å². The number of fused-ring (bicyclic) bond motifs is 1. The van der Waals surface area contributed by atoms with Crippen LogP contribution in [-0.2, 0) is 4.74 Å². The van der Waals surface area contributed by atoms with Gasteiger partial charge in [0.15, 0.2) is 0 Å². The fourth-order valence-electron chi connectivity index (χ4n) is 4.40. The number of amides is 2. The van der Waals surface area contributed by atoms with Crippen molar-refractivity contribution >= 4 is 34.3 Å². The molecule has 170 valence electrons. The lowest BCUT2D eigenvalue weighted by Gasteiger charge is -2.29. The third-order valence-corrected chi connectivity index (χ3v) is 5.92. The number of carbonyl (C=O) groups excluding carboxylic acids is 2. The summed E-state index contributed by atoms with van der Waals surface area (Å²) in [6.07, 6.45) is 1.15. The van der Waals surface area contributed by atoms with Crippen molar-refractivity contribution < 1.29 is 18.7 Å².